The molecule has 1 fully saturated rings. The van der Waals surface area contributed by atoms with E-state index in [0.29, 0.717) is 29.7 Å². The number of oxime groups is 1. The molecule has 164 valence electrons. The number of benzene rings is 3. The summed E-state index contributed by atoms with van der Waals surface area (Å²) in [5.74, 6) is -1.76. The molecule has 1 aliphatic rings. The minimum Gasteiger partial charge on any atom is -0.313 e. The summed E-state index contributed by atoms with van der Waals surface area (Å²) in [6.07, 6.45) is -3.48. The van der Waals surface area contributed by atoms with Gasteiger partial charge in [-0.2, -0.15) is 13.2 Å². The number of carbonyl (C=O) groups excluding carboxylic acids is 1. The minimum absolute atomic E-state index is 0.0872. The largest absolute Gasteiger partial charge is 0.416 e. The Kier molecular flexibility index (Phi) is 5.54. The fourth-order valence-electron chi connectivity index (χ4n) is 3.81. The maximum Gasteiger partial charge on any atom is 0.416 e. The molecule has 0 unspecified atom stereocenters. The highest BCUT2D eigenvalue weighted by atomic mass is 19.4. The number of carbonyl (C=O) groups is 1. The third-order valence-corrected chi connectivity index (χ3v) is 5.59. The van der Waals surface area contributed by atoms with Crippen LogP contribution in [0.25, 0.3) is 0 Å². The lowest BCUT2D eigenvalue weighted by Gasteiger charge is -2.43. The monoisotopic (exact) mass is 445 g/mol. The van der Waals surface area contributed by atoms with Gasteiger partial charge in [0, 0.05) is 0 Å². The van der Waals surface area contributed by atoms with Gasteiger partial charge in [-0.3, -0.25) is 0 Å². The van der Waals surface area contributed by atoms with Crippen molar-refractivity contribution in [3.63, 3.8) is 0 Å². The molecule has 3 aromatic carbocycles. The second-order valence-electron chi connectivity index (χ2n) is 7.41. The highest BCUT2D eigenvalue weighted by molar-refractivity contribution is 6.03. The minimum atomic E-state index is -4.52. The first-order valence-electron chi connectivity index (χ1n) is 9.68. The molecular formula is C24H16F5NO2. The highest BCUT2D eigenvalue weighted by Gasteiger charge is 2.47. The molecule has 1 aliphatic carbocycles. The molecule has 0 heterocycles. The molecule has 0 amide bonds. The van der Waals surface area contributed by atoms with Gasteiger partial charge in [-0.15, -0.1) is 0 Å². The van der Waals surface area contributed by atoms with E-state index >= 15 is 0 Å². The lowest BCUT2D eigenvalue weighted by molar-refractivity contribution is -0.137. The van der Waals surface area contributed by atoms with Crippen LogP contribution in [0.3, 0.4) is 0 Å². The van der Waals surface area contributed by atoms with Gasteiger partial charge in [-0.05, 0) is 72.5 Å². The second-order valence-corrected chi connectivity index (χ2v) is 7.41. The van der Waals surface area contributed by atoms with E-state index in [0.717, 1.165) is 24.3 Å². The van der Waals surface area contributed by atoms with Crippen LogP contribution in [0.2, 0.25) is 0 Å². The first kappa shape index (κ1) is 21.7. The average molecular weight is 445 g/mol. The topological polar surface area (TPSA) is 38.7 Å². The number of nitrogens with zero attached hydrogens (tertiary/aromatic N) is 1. The predicted molar refractivity (Wildman–Crippen MR) is 107 cm³/mol. The van der Waals surface area contributed by atoms with E-state index in [4.69, 9.17) is 4.84 Å². The summed E-state index contributed by atoms with van der Waals surface area (Å²) in [7, 11) is 0. The Balaban J connectivity index is 1.63. The third-order valence-electron chi connectivity index (χ3n) is 5.59. The summed E-state index contributed by atoms with van der Waals surface area (Å²) in [5.41, 5.74) is 0.0573. The first-order chi connectivity index (χ1) is 15.2. The molecule has 1 saturated carbocycles. The molecule has 0 bridgehead atoms. The smallest absolute Gasteiger partial charge is 0.313 e. The maximum absolute atomic E-state index is 13.5. The van der Waals surface area contributed by atoms with Crippen LogP contribution in [-0.4, -0.2) is 11.7 Å². The first-order valence-corrected chi connectivity index (χ1v) is 9.68. The number of halogens is 5. The van der Waals surface area contributed by atoms with Crippen molar-refractivity contribution in [3.05, 3.63) is 107 Å². The van der Waals surface area contributed by atoms with Crippen molar-refractivity contribution in [1.29, 1.82) is 0 Å². The van der Waals surface area contributed by atoms with Crippen LogP contribution in [0, 0.1) is 11.6 Å². The molecule has 0 saturated heterocycles. The van der Waals surface area contributed by atoms with Crippen LogP contribution in [0.4, 0.5) is 22.0 Å². The van der Waals surface area contributed by atoms with Crippen LogP contribution < -0.4 is 0 Å². The van der Waals surface area contributed by atoms with E-state index in [9.17, 15) is 26.7 Å². The van der Waals surface area contributed by atoms with Crippen molar-refractivity contribution in [2.24, 2.45) is 5.16 Å². The van der Waals surface area contributed by atoms with Crippen LogP contribution in [0.5, 0.6) is 0 Å². The van der Waals surface area contributed by atoms with E-state index in [1.807, 2.05) is 0 Å². The van der Waals surface area contributed by atoms with Gasteiger partial charge in [0.25, 0.3) is 0 Å². The standard InChI is InChI=1S/C24H16F5NO2/c25-19-9-5-16(6-10-19)23(17-7-11-20(26)12-8-17)14-13-21(23)30-32-22(31)15-1-3-18(4-2-15)24(27,28)29/h1-12H,13-14H2. The zero-order chi connectivity index (χ0) is 22.9. The second kappa shape index (κ2) is 8.18. The Bertz CT molecular complexity index is 1110. The summed E-state index contributed by atoms with van der Waals surface area (Å²) < 4.78 is 65.0. The zero-order valence-electron chi connectivity index (χ0n) is 16.5. The van der Waals surface area contributed by atoms with Gasteiger partial charge in [-0.25, -0.2) is 13.6 Å². The number of hydrogen-bond donors (Lipinski definition) is 0. The van der Waals surface area contributed by atoms with Gasteiger partial charge in [0.05, 0.1) is 22.3 Å². The lowest BCUT2D eigenvalue weighted by atomic mass is 9.59. The summed E-state index contributed by atoms with van der Waals surface area (Å²) in [5, 5.41) is 3.99. The fourth-order valence-corrected chi connectivity index (χ4v) is 3.81. The molecule has 0 aromatic heterocycles. The molecule has 4 rings (SSSR count). The number of hydrogen-bond acceptors (Lipinski definition) is 3. The molecule has 32 heavy (non-hydrogen) atoms. The van der Waals surface area contributed by atoms with Gasteiger partial charge < -0.3 is 4.84 Å². The molecule has 3 nitrogen and oxygen atoms in total. The molecule has 8 heteroatoms. The van der Waals surface area contributed by atoms with Crippen molar-refractivity contribution in [3.8, 4) is 0 Å². The van der Waals surface area contributed by atoms with E-state index in [2.05, 4.69) is 5.16 Å². The Morgan fingerprint density at radius 3 is 1.72 bits per heavy atom. The lowest BCUT2D eigenvalue weighted by Crippen LogP contribution is -2.46. The summed E-state index contributed by atoms with van der Waals surface area (Å²) in [6, 6.07) is 15.1. The molecule has 0 atom stereocenters. The Hall–Kier alpha value is -3.55. The third kappa shape index (κ3) is 4.00. The van der Waals surface area contributed by atoms with Gasteiger partial charge in [0.2, 0.25) is 0 Å². The van der Waals surface area contributed by atoms with Crippen molar-refractivity contribution >= 4 is 11.7 Å². The highest BCUT2D eigenvalue weighted by Crippen LogP contribution is 2.47. The van der Waals surface area contributed by atoms with E-state index in [1.54, 1.807) is 24.3 Å². The Labute approximate surface area is 180 Å². The van der Waals surface area contributed by atoms with Crippen LogP contribution >= 0.6 is 0 Å². The molecule has 3 aromatic rings. The molecule has 0 radical (unpaired) electrons. The van der Waals surface area contributed by atoms with Crippen LogP contribution in [0.1, 0.15) is 39.9 Å². The summed E-state index contributed by atoms with van der Waals surface area (Å²) >= 11 is 0. The molecule has 0 spiro atoms. The quantitative estimate of drug-likeness (QED) is 0.270. The van der Waals surface area contributed by atoms with Crippen molar-refractivity contribution in [2.75, 3.05) is 0 Å². The average Bonchev–Trinajstić information content (AvgIpc) is 2.75. The van der Waals surface area contributed by atoms with E-state index in [-0.39, 0.29) is 5.56 Å². The molecule has 0 aliphatic heterocycles. The summed E-state index contributed by atoms with van der Waals surface area (Å²) in [6.45, 7) is 0. The van der Waals surface area contributed by atoms with E-state index in [1.165, 1.54) is 24.3 Å². The fraction of sp³-hybridized carbons (Fsp3) is 0.167. The van der Waals surface area contributed by atoms with Gasteiger partial charge >= 0.3 is 12.1 Å². The normalized spacial score (nSPS) is 16.5. The van der Waals surface area contributed by atoms with Crippen LogP contribution in [-0.2, 0) is 16.4 Å². The van der Waals surface area contributed by atoms with Gasteiger partial charge in [-0.1, -0.05) is 29.4 Å². The molecular weight excluding hydrogens is 429 g/mol. The predicted octanol–water partition coefficient (Wildman–Crippen LogP) is 6.28. The van der Waals surface area contributed by atoms with Gasteiger partial charge in [0.1, 0.15) is 11.6 Å². The van der Waals surface area contributed by atoms with Gasteiger partial charge in [0.15, 0.2) is 0 Å². The number of alkyl halides is 3. The number of rotatable bonds is 4. The Morgan fingerprint density at radius 1 is 0.812 bits per heavy atom. The van der Waals surface area contributed by atoms with Crippen LogP contribution in [0.15, 0.2) is 78.0 Å². The van der Waals surface area contributed by atoms with E-state index < -0.39 is 34.8 Å². The summed E-state index contributed by atoms with van der Waals surface area (Å²) in [4.78, 5) is 17.3. The molecule has 0 N–H and O–H groups in total. The maximum atomic E-state index is 13.5. The SMILES string of the molecule is O=C(ON=C1CCC1(c1ccc(F)cc1)c1ccc(F)cc1)c1ccc(C(F)(F)F)cc1. The van der Waals surface area contributed by atoms with Crippen molar-refractivity contribution < 1.29 is 31.6 Å². The van der Waals surface area contributed by atoms with Crippen molar-refractivity contribution in [2.45, 2.75) is 24.4 Å². The van der Waals surface area contributed by atoms with Crippen molar-refractivity contribution in [1.82, 2.24) is 0 Å². The Morgan fingerprint density at radius 2 is 1.31 bits per heavy atom. The zero-order valence-corrected chi connectivity index (χ0v) is 16.5.